The summed E-state index contributed by atoms with van der Waals surface area (Å²) in [5.74, 6) is -1.42. The van der Waals surface area contributed by atoms with Gasteiger partial charge in [0.2, 0.25) is 0 Å². The predicted molar refractivity (Wildman–Crippen MR) is 72.4 cm³/mol. The Morgan fingerprint density at radius 2 is 1.90 bits per heavy atom. The highest BCUT2D eigenvalue weighted by Gasteiger charge is 2.34. The van der Waals surface area contributed by atoms with Crippen LogP contribution in [0.2, 0.25) is 0 Å². The molecule has 0 unspecified atom stereocenters. The SMILES string of the molecule is CC(C)CCCCNC(=O)c1ccc(F)c(C(F)(F)F)c1. The van der Waals surface area contributed by atoms with Crippen molar-refractivity contribution in [2.75, 3.05) is 6.54 Å². The number of carbonyl (C=O) groups excluding carboxylic acids is 1. The number of amides is 1. The number of carbonyl (C=O) groups is 1. The van der Waals surface area contributed by atoms with Gasteiger partial charge in [0.05, 0.1) is 5.56 Å². The van der Waals surface area contributed by atoms with Crippen LogP contribution in [0.4, 0.5) is 17.6 Å². The molecule has 0 radical (unpaired) electrons. The van der Waals surface area contributed by atoms with Crippen molar-refractivity contribution in [3.8, 4) is 0 Å². The van der Waals surface area contributed by atoms with Gasteiger partial charge in [-0.05, 0) is 30.5 Å². The van der Waals surface area contributed by atoms with E-state index in [0.29, 0.717) is 24.6 Å². The highest BCUT2D eigenvalue weighted by Crippen LogP contribution is 2.31. The predicted octanol–water partition coefficient (Wildman–Crippen LogP) is 4.40. The summed E-state index contributed by atoms with van der Waals surface area (Å²) in [7, 11) is 0. The Balaban J connectivity index is 2.59. The molecule has 0 aliphatic heterocycles. The van der Waals surface area contributed by atoms with Crippen molar-refractivity contribution in [1.82, 2.24) is 5.32 Å². The van der Waals surface area contributed by atoms with Crippen molar-refractivity contribution in [3.05, 3.63) is 35.1 Å². The Morgan fingerprint density at radius 3 is 2.48 bits per heavy atom. The van der Waals surface area contributed by atoms with Gasteiger partial charge in [0, 0.05) is 12.1 Å². The van der Waals surface area contributed by atoms with Crippen LogP contribution in [0, 0.1) is 11.7 Å². The fourth-order valence-electron chi connectivity index (χ4n) is 1.87. The summed E-state index contributed by atoms with van der Waals surface area (Å²) in [5, 5.41) is 2.54. The highest BCUT2D eigenvalue weighted by atomic mass is 19.4. The number of halogens is 4. The Hall–Kier alpha value is -1.59. The highest BCUT2D eigenvalue weighted by molar-refractivity contribution is 5.94. The molecule has 0 fully saturated rings. The lowest BCUT2D eigenvalue weighted by Gasteiger charge is -2.10. The molecule has 0 saturated heterocycles. The van der Waals surface area contributed by atoms with Gasteiger partial charge >= 0.3 is 6.18 Å². The zero-order valence-electron chi connectivity index (χ0n) is 12.1. The maximum Gasteiger partial charge on any atom is 0.419 e. The number of unbranched alkanes of at least 4 members (excludes halogenated alkanes) is 1. The van der Waals surface area contributed by atoms with Gasteiger partial charge in [-0.3, -0.25) is 4.79 Å². The van der Waals surface area contributed by atoms with Gasteiger partial charge in [-0.15, -0.1) is 0 Å². The molecule has 1 N–H and O–H groups in total. The first-order valence-electron chi connectivity index (χ1n) is 6.86. The summed E-state index contributed by atoms with van der Waals surface area (Å²) < 4.78 is 50.8. The summed E-state index contributed by atoms with van der Waals surface area (Å²) in [6, 6.07) is 2.25. The van der Waals surface area contributed by atoms with Crippen molar-refractivity contribution in [2.24, 2.45) is 5.92 Å². The Kier molecular flexibility index (Phi) is 6.18. The molecule has 21 heavy (non-hydrogen) atoms. The average molecular weight is 305 g/mol. The number of alkyl halides is 3. The van der Waals surface area contributed by atoms with Gasteiger partial charge in [-0.25, -0.2) is 4.39 Å². The third-order valence-electron chi connectivity index (χ3n) is 3.03. The Bertz CT molecular complexity index is 483. The molecule has 0 aliphatic carbocycles. The zero-order chi connectivity index (χ0) is 16.0. The minimum atomic E-state index is -4.81. The molecule has 0 spiro atoms. The third kappa shape index (κ3) is 5.73. The molecule has 1 aromatic carbocycles. The zero-order valence-corrected chi connectivity index (χ0v) is 12.1. The molecule has 0 atom stereocenters. The second-order valence-corrected chi connectivity index (χ2v) is 5.34. The standard InChI is InChI=1S/C15H19F4NO/c1-10(2)5-3-4-8-20-14(21)11-6-7-13(16)12(9-11)15(17,18)19/h6-7,9-10H,3-5,8H2,1-2H3,(H,20,21). The summed E-state index contributed by atoms with van der Waals surface area (Å²) in [4.78, 5) is 11.7. The van der Waals surface area contributed by atoms with E-state index in [1.165, 1.54) is 0 Å². The molecule has 1 aromatic rings. The molecule has 1 rings (SSSR count). The van der Waals surface area contributed by atoms with Crippen LogP contribution in [0.15, 0.2) is 18.2 Å². The van der Waals surface area contributed by atoms with E-state index in [2.05, 4.69) is 19.2 Å². The van der Waals surface area contributed by atoms with Crippen LogP contribution in [0.1, 0.15) is 49.0 Å². The van der Waals surface area contributed by atoms with E-state index in [-0.39, 0.29) is 5.56 Å². The van der Waals surface area contributed by atoms with Crippen molar-refractivity contribution in [1.29, 1.82) is 0 Å². The molecular weight excluding hydrogens is 286 g/mol. The number of hydrogen-bond acceptors (Lipinski definition) is 1. The van der Waals surface area contributed by atoms with E-state index < -0.39 is 23.5 Å². The fourth-order valence-corrected chi connectivity index (χ4v) is 1.87. The summed E-state index contributed by atoms with van der Waals surface area (Å²) in [6.45, 7) is 4.58. The molecular formula is C15H19F4NO. The van der Waals surface area contributed by atoms with Crippen molar-refractivity contribution in [3.63, 3.8) is 0 Å². The first-order chi connectivity index (χ1) is 9.71. The number of nitrogens with one attached hydrogen (secondary N) is 1. The van der Waals surface area contributed by atoms with Crippen LogP contribution in [-0.4, -0.2) is 12.5 Å². The van der Waals surface area contributed by atoms with Crippen LogP contribution in [-0.2, 0) is 6.18 Å². The topological polar surface area (TPSA) is 29.1 Å². The maximum absolute atomic E-state index is 13.1. The number of benzene rings is 1. The van der Waals surface area contributed by atoms with Gasteiger partial charge in [-0.1, -0.05) is 26.7 Å². The van der Waals surface area contributed by atoms with Crippen LogP contribution >= 0.6 is 0 Å². The van der Waals surface area contributed by atoms with Crippen LogP contribution in [0.5, 0.6) is 0 Å². The molecule has 0 aliphatic rings. The second kappa shape index (κ2) is 7.43. The molecule has 118 valence electrons. The minimum absolute atomic E-state index is 0.187. The average Bonchev–Trinajstić information content (AvgIpc) is 2.36. The van der Waals surface area contributed by atoms with Crippen LogP contribution in [0.25, 0.3) is 0 Å². The Morgan fingerprint density at radius 1 is 1.24 bits per heavy atom. The maximum atomic E-state index is 13.1. The van der Waals surface area contributed by atoms with Crippen molar-refractivity contribution >= 4 is 5.91 Å². The second-order valence-electron chi connectivity index (χ2n) is 5.34. The minimum Gasteiger partial charge on any atom is -0.352 e. The molecule has 0 bridgehead atoms. The Labute approximate surface area is 121 Å². The molecule has 2 nitrogen and oxygen atoms in total. The largest absolute Gasteiger partial charge is 0.419 e. The van der Waals surface area contributed by atoms with Gasteiger partial charge in [0.1, 0.15) is 5.82 Å². The van der Waals surface area contributed by atoms with Gasteiger partial charge in [0.15, 0.2) is 0 Å². The van der Waals surface area contributed by atoms with Gasteiger partial charge in [0.25, 0.3) is 5.91 Å². The number of hydrogen-bond donors (Lipinski definition) is 1. The monoisotopic (exact) mass is 305 g/mol. The van der Waals surface area contributed by atoms with E-state index in [1.807, 2.05) is 0 Å². The number of rotatable bonds is 6. The summed E-state index contributed by atoms with van der Waals surface area (Å²) >= 11 is 0. The lowest BCUT2D eigenvalue weighted by Crippen LogP contribution is -2.25. The molecule has 0 heterocycles. The van der Waals surface area contributed by atoms with E-state index >= 15 is 0 Å². The van der Waals surface area contributed by atoms with Crippen molar-refractivity contribution < 1.29 is 22.4 Å². The summed E-state index contributed by atoms with van der Waals surface area (Å²) in [6.07, 6.45) is -2.07. The molecule has 1 amide bonds. The van der Waals surface area contributed by atoms with Crippen molar-refractivity contribution in [2.45, 2.75) is 39.3 Å². The first kappa shape index (κ1) is 17.5. The van der Waals surface area contributed by atoms with Gasteiger partial charge < -0.3 is 5.32 Å². The first-order valence-corrected chi connectivity index (χ1v) is 6.86. The fraction of sp³-hybridized carbons (Fsp3) is 0.533. The van der Waals surface area contributed by atoms with Gasteiger partial charge in [-0.2, -0.15) is 13.2 Å². The molecule has 0 aromatic heterocycles. The quantitative estimate of drug-likeness (QED) is 0.612. The van der Waals surface area contributed by atoms with Crippen LogP contribution < -0.4 is 5.32 Å². The molecule has 0 saturated carbocycles. The third-order valence-corrected chi connectivity index (χ3v) is 3.03. The van der Waals surface area contributed by atoms with E-state index in [9.17, 15) is 22.4 Å². The molecule has 6 heteroatoms. The van der Waals surface area contributed by atoms with E-state index in [1.54, 1.807) is 0 Å². The van der Waals surface area contributed by atoms with E-state index in [0.717, 1.165) is 25.3 Å². The lowest BCUT2D eigenvalue weighted by atomic mass is 10.1. The van der Waals surface area contributed by atoms with E-state index in [4.69, 9.17) is 0 Å². The summed E-state index contributed by atoms with van der Waals surface area (Å²) in [5.41, 5.74) is -1.61. The lowest BCUT2D eigenvalue weighted by molar-refractivity contribution is -0.140. The smallest absolute Gasteiger partial charge is 0.352 e. The normalized spacial score (nSPS) is 11.8. The van der Waals surface area contributed by atoms with Crippen LogP contribution in [0.3, 0.4) is 0 Å².